The molecule has 0 aromatic rings. The molecule has 0 saturated carbocycles. The van der Waals surface area contributed by atoms with Crippen molar-refractivity contribution in [1.82, 2.24) is 5.32 Å². The van der Waals surface area contributed by atoms with Crippen molar-refractivity contribution < 1.29 is 19.8 Å². The summed E-state index contributed by atoms with van der Waals surface area (Å²) in [7, 11) is 3.98. The molecule has 1 fully saturated rings. The van der Waals surface area contributed by atoms with Crippen LogP contribution >= 0.6 is 11.8 Å². The fourth-order valence-corrected chi connectivity index (χ4v) is 3.33. The Balaban J connectivity index is 2.04. The molecular formula is C11H22N3O3S+. The van der Waals surface area contributed by atoms with Crippen molar-refractivity contribution in [2.24, 2.45) is 4.99 Å². The molecular weight excluding hydrogens is 254 g/mol. The number of hydrogen-bond acceptors (Lipinski definition) is 6. The maximum atomic E-state index is 10.1. The van der Waals surface area contributed by atoms with Crippen LogP contribution in [0.2, 0.25) is 0 Å². The number of hydrogen-bond donors (Lipinski definition) is 4. The third-order valence-corrected chi connectivity index (χ3v) is 4.55. The van der Waals surface area contributed by atoms with Crippen molar-refractivity contribution in [3.8, 4) is 0 Å². The lowest BCUT2D eigenvalue weighted by atomic mass is 9.98. The zero-order chi connectivity index (χ0) is 13.3. The number of ether oxygens (including phenoxy) is 1. The predicted octanol–water partition coefficient (Wildman–Crippen LogP) is -2.34. The molecule has 1 saturated heterocycles. The van der Waals surface area contributed by atoms with E-state index in [0.29, 0.717) is 6.54 Å². The molecule has 0 radical (unpaired) electrons. The Bertz CT molecular complexity index is 327. The Morgan fingerprint density at radius 2 is 2.11 bits per heavy atom. The van der Waals surface area contributed by atoms with Crippen molar-refractivity contribution >= 4 is 16.9 Å². The highest BCUT2D eigenvalue weighted by Crippen LogP contribution is 2.34. The van der Waals surface area contributed by atoms with Gasteiger partial charge in [-0.2, -0.15) is 0 Å². The quantitative estimate of drug-likeness (QED) is 0.465. The lowest BCUT2D eigenvalue weighted by Gasteiger charge is -2.38. The number of likely N-dealkylation sites (N-methyl/N-ethyl adjacent to an activating group) is 1. The van der Waals surface area contributed by atoms with E-state index in [1.165, 1.54) is 11.8 Å². The Kier molecular flexibility index (Phi) is 4.63. The molecule has 0 aromatic heterocycles. The van der Waals surface area contributed by atoms with Gasteiger partial charge >= 0.3 is 0 Å². The normalized spacial score (nSPS) is 39.9. The van der Waals surface area contributed by atoms with Crippen LogP contribution in [-0.2, 0) is 4.74 Å². The second kappa shape index (κ2) is 5.85. The predicted molar refractivity (Wildman–Crippen MR) is 70.8 cm³/mol. The summed E-state index contributed by atoms with van der Waals surface area (Å²) in [6.45, 7) is 3.35. The van der Waals surface area contributed by atoms with Gasteiger partial charge in [0, 0.05) is 6.54 Å². The maximum Gasteiger partial charge on any atom is 0.260 e. The summed E-state index contributed by atoms with van der Waals surface area (Å²) in [4.78, 5) is 5.56. The summed E-state index contributed by atoms with van der Waals surface area (Å²) < 4.78 is 5.84. The molecule has 0 unspecified atom stereocenters. The van der Waals surface area contributed by atoms with Crippen molar-refractivity contribution in [1.29, 1.82) is 0 Å². The Labute approximate surface area is 111 Å². The van der Waals surface area contributed by atoms with Crippen molar-refractivity contribution in [3.05, 3.63) is 0 Å². The first-order valence-electron chi connectivity index (χ1n) is 6.32. The van der Waals surface area contributed by atoms with Gasteiger partial charge in [0.05, 0.1) is 14.1 Å². The minimum Gasteiger partial charge on any atom is -0.388 e. The van der Waals surface area contributed by atoms with Gasteiger partial charge < -0.3 is 20.3 Å². The van der Waals surface area contributed by atoms with Crippen LogP contribution in [-0.4, -0.2) is 72.4 Å². The van der Waals surface area contributed by atoms with E-state index in [2.05, 4.69) is 10.3 Å². The molecule has 2 heterocycles. The molecule has 104 valence electrons. The number of aliphatic hydroxyl groups excluding tert-OH is 2. The first-order valence-corrected chi connectivity index (χ1v) is 7.19. The molecule has 5 atom stereocenters. The Morgan fingerprint density at radius 3 is 2.72 bits per heavy atom. The molecule has 0 bridgehead atoms. The Morgan fingerprint density at radius 1 is 1.39 bits per heavy atom. The van der Waals surface area contributed by atoms with E-state index in [1.54, 1.807) is 0 Å². The first kappa shape index (κ1) is 14.2. The van der Waals surface area contributed by atoms with Gasteiger partial charge in [0.25, 0.3) is 5.17 Å². The zero-order valence-electron chi connectivity index (χ0n) is 11.0. The summed E-state index contributed by atoms with van der Waals surface area (Å²) in [6, 6.07) is -0.354. The summed E-state index contributed by atoms with van der Waals surface area (Å²) in [5.41, 5.74) is -0.183. The number of rotatable bonds is 3. The first-order chi connectivity index (χ1) is 8.54. The van der Waals surface area contributed by atoms with Gasteiger partial charge in [0.1, 0.15) is 29.8 Å². The van der Waals surface area contributed by atoms with E-state index in [9.17, 15) is 10.2 Å². The van der Waals surface area contributed by atoms with Crippen LogP contribution in [0.25, 0.3) is 0 Å². The zero-order valence-corrected chi connectivity index (χ0v) is 11.8. The summed E-state index contributed by atoms with van der Waals surface area (Å²) in [5, 5.41) is 24.2. The van der Waals surface area contributed by atoms with E-state index in [-0.39, 0.29) is 17.6 Å². The van der Waals surface area contributed by atoms with Crippen LogP contribution in [0.5, 0.6) is 0 Å². The third-order valence-electron chi connectivity index (χ3n) is 3.19. The summed E-state index contributed by atoms with van der Waals surface area (Å²) in [5.74, 6) is 0. The number of thioether (sulfide) groups is 1. The number of aliphatic hydroxyl groups is 2. The van der Waals surface area contributed by atoms with Gasteiger partial charge in [-0.25, -0.2) is 4.99 Å². The van der Waals surface area contributed by atoms with E-state index in [0.717, 1.165) is 16.6 Å². The average molecular weight is 276 g/mol. The van der Waals surface area contributed by atoms with E-state index in [4.69, 9.17) is 4.74 Å². The fraction of sp³-hybridized carbons (Fsp3) is 0.909. The standard InChI is InChI=1S/C11H21N3O3S/c1-4-12-5-6-8(15)9(16)7-10(17-6)18-11(13-7)14(2)3/h6-10,12,15-16H,4-5H2,1-3H3/p+1/t6-,7-,8-,9-,10-/m1/s1. The topological polar surface area (TPSA) is 78.5 Å². The lowest BCUT2D eigenvalue weighted by Crippen LogP contribution is -3.07. The van der Waals surface area contributed by atoms with Crippen LogP contribution in [0.15, 0.2) is 4.99 Å². The molecule has 0 aliphatic carbocycles. The molecule has 0 aromatic carbocycles. The maximum absolute atomic E-state index is 10.1. The van der Waals surface area contributed by atoms with Crippen LogP contribution < -0.4 is 10.2 Å². The highest BCUT2D eigenvalue weighted by Gasteiger charge is 2.49. The molecule has 0 spiro atoms. The van der Waals surface area contributed by atoms with Crippen LogP contribution in [0.1, 0.15) is 6.92 Å². The van der Waals surface area contributed by atoms with E-state index in [1.807, 2.05) is 21.0 Å². The molecule has 0 amide bonds. The average Bonchev–Trinajstić information content (AvgIpc) is 2.76. The SMILES string of the molecule is CCNC[C@H]1O[C@@H]2SC([NH+](C)C)=N[C@@H]2[C@@H](O)[C@@H]1O. The summed E-state index contributed by atoms with van der Waals surface area (Å²) >= 11 is 1.54. The number of aliphatic imine (C=N–C) groups is 1. The highest BCUT2D eigenvalue weighted by molar-refractivity contribution is 8.14. The number of fused-ring (bicyclic) bond motifs is 1. The smallest absolute Gasteiger partial charge is 0.260 e. The molecule has 6 nitrogen and oxygen atoms in total. The van der Waals surface area contributed by atoms with Gasteiger partial charge in [-0.15, -0.1) is 0 Å². The number of nitrogens with zero attached hydrogens (tertiary/aromatic N) is 1. The molecule has 7 heteroatoms. The Hall–Kier alpha value is -0.180. The molecule has 2 rings (SSSR count). The minimum absolute atomic E-state index is 0.183. The minimum atomic E-state index is -0.883. The van der Waals surface area contributed by atoms with Gasteiger partial charge in [-0.3, -0.25) is 4.90 Å². The highest BCUT2D eigenvalue weighted by atomic mass is 32.2. The summed E-state index contributed by atoms with van der Waals surface area (Å²) in [6.07, 6.45) is -2.11. The van der Waals surface area contributed by atoms with E-state index >= 15 is 0 Å². The largest absolute Gasteiger partial charge is 0.388 e. The second-order valence-electron chi connectivity index (χ2n) is 4.87. The molecule has 2 aliphatic rings. The van der Waals surface area contributed by atoms with Gasteiger partial charge in [0.2, 0.25) is 0 Å². The van der Waals surface area contributed by atoms with Gasteiger partial charge in [0.15, 0.2) is 0 Å². The third kappa shape index (κ3) is 2.71. The van der Waals surface area contributed by atoms with Crippen molar-refractivity contribution in [3.63, 3.8) is 0 Å². The monoisotopic (exact) mass is 276 g/mol. The number of nitrogens with one attached hydrogen (secondary N) is 2. The molecule has 4 N–H and O–H groups in total. The number of amidine groups is 1. The van der Waals surface area contributed by atoms with Crippen molar-refractivity contribution in [2.75, 3.05) is 27.2 Å². The van der Waals surface area contributed by atoms with Crippen LogP contribution in [0.3, 0.4) is 0 Å². The fourth-order valence-electron chi connectivity index (χ4n) is 2.13. The van der Waals surface area contributed by atoms with Crippen molar-refractivity contribution in [2.45, 2.75) is 36.7 Å². The van der Waals surface area contributed by atoms with E-state index < -0.39 is 12.2 Å². The van der Waals surface area contributed by atoms with Gasteiger partial charge in [-0.1, -0.05) is 6.92 Å². The van der Waals surface area contributed by atoms with Crippen LogP contribution in [0.4, 0.5) is 0 Å². The van der Waals surface area contributed by atoms with Gasteiger partial charge in [-0.05, 0) is 18.3 Å². The molecule has 18 heavy (non-hydrogen) atoms. The molecule has 2 aliphatic heterocycles. The lowest BCUT2D eigenvalue weighted by molar-refractivity contribution is -0.753. The van der Waals surface area contributed by atoms with Crippen LogP contribution in [0, 0.1) is 0 Å². The second-order valence-corrected chi connectivity index (χ2v) is 5.96. The number of quaternary nitrogens is 1.